The van der Waals surface area contributed by atoms with Crippen molar-refractivity contribution in [1.29, 1.82) is 0 Å². The van der Waals surface area contributed by atoms with Gasteiger partial charge in [-0.15, -0.1) is 11.8 Å². The Morgan fingerprint density at radius 2 is 1.72 bits per heavy atom. The van der Waals surface area contributed by atoms with E-state index in [0.717, 1.165) is 11.3 Å². The molecule has 0 saturated carbocycles. The van der Waals surface area contributed by atoms with E-state index in [9.17, 15) is 5.11 Å². The SMILES string of the molecule is CSc1ccccc1NCC(O)c1ccccc1. The zero-order valence-corrected chi connectivity index (χ0v) is 11.2. The van der Waals surface area contributed by atoms with Gasteiger partial charge in [0, 0.05) is 17.1 Å². The fourth-order valence-corrected chi connectivity index (χ4v) is 2.37. The highest BCUT2D eigenvalue weighted by Crippen LogP contribution is 2.25. The van der Waals surface area contributed by atoms with Crippen molar-refractivity contribution in [2.45, 2.75) is 11.0 Å². The van der Waals surface area contributed by atoms with Crippen LogP contribution in [0.25, 0.3) is 0 Å². The molecule has 0 saturated heterocycles. The minimum Gasteiger partial charge on any atom is -0.387 e. The molecule has 2 N–H and O–H groups in total. The first-order valence-electron chi connectivity index (χ1n) is 5.91. The van der Waals surface area contributed by atoms with Gasteiger partial charge in [0.05, 0.1) is 6.10 Å². The van der Waals surface area contributed by atoms with Crippen LogP contribution in [0.3, 0.4) is 0 Å². The smallest absolute Gasteiger partial charge is 0.0962 e. The topological polar surface area (TPSA) is 32.3 Å². The Morgan fingerprint density at radius 1 is 1.06 bits per heavy atom. The van der Waals surface area contributed by atoms with Crippen molar-refractivity contribution in [3.05, 3.63) is 60.2 Å². The minimum absolute atomic E-state index is 0.485. The van der Waals surface area contributed by atoms with E-state index in [1.54, 1.807) is 11.8 Å². The van der Waals surface area contributed by atoms with Gasteiger partial charge in [0.25, 0.3) is 0 Å². The number of aliphatic hydroxyl groups is 1. The lowest BCUT2D eigenvalue weighted by Crippen LogP contribution is -2.12. The van der Waals surface area contributed by atoms with Gasteiger partial charge in [-0.2, -0.15) is 0 Å². The molecule has 94 valence electrons. The van der Waals surface area contributed by atoms with E-state index < -0.39 is 6.10 Å². The Morgan fingerprint density at radius 3 is 2.44 bits per heavy atom. The molecule has 1 unspecified atom stereocenters. The van der Waals surface area contributed by atoms with E-state index in [0.29, 0.717) is 6.54 Å². The summed E-state index contributed by atoms with van der Waals surface area (Å²) in [5.41, 5.74) is 2.01. The van der Waals surface area contributed by atoms with Crippen LogP contribution >= 0.6 is 11.8 Å². The van der Waals surface area contributed by atoms with Crippen LogP contribution in [-0.4, -0.2) is 17.9 Å². The van der Waals surface area contributed by atoms with Crippen LogP contribution in [0.4, 0.5) is 5.69 Å². The van der Waals surface area contributed by atoms with E-state index in [4.69, 9.17) is 0 Å². The van der Waals surface area contributed by atoms with Crippen LogP contribution in [-0.2, 0) is 0 Å². The highest BCUT2D eigenvalue weighted by molar-refractivity contribution is 7.98. The summed E-state index contributed by atoms with van der Waals surface area (Å²) in [5, 5.41) is 13.4. The van der Waals surface area contributed by atoms with Gasteiger partial charge >= 0.3 is 0 Å². The lowest BCUT2D eigenvalue weighted by molar-refractivity contribution is 0.191. The van der Waals surface area contributed by atoms with Crippen molar-refractivity contribution in [3.8, 4) is 0 Å². The zero-order chi connectivity index (χ0) is 12.8. The molecule has 2 aromatic rings. The first-order chi connectivity index (χ1) is 8.81. The molecule has 18 heavy (non-hydrogen) atoms. The van der Waals surface area contributed by atoms with Gasteiger partial charge in [0.2, 0.25) is 0 Å². The van der Waals surface area contributed by atoms with Crippen molar-refractivity contribution in [2.75, 3.05) is 18.1 Å². The summed E-state index contributed by atoms with van der Waals surface area (Å²) < 4.78 is 0. The van der Waals surface area contributed by atoms with E-state index >= 15 is 0 Å². The lowest BCUT2D eigenvalue weighted by atomic mass is 10.1. The molecular weight excluding hydrogens is 242 g/mol. The number of aliphatic hydroxyl groups excluding tert-OH is 1. The molecule has 0 aliphatic rings. The van der Waals surface area contributed by atoms with Gasteiger partial charge in [0.15, 0.2) is 0 Å². The van der Waals surface area contributed by atoms with Crippen molar-refractivity contribution in [3.63, 3.8) is 0 Å². The van der Waals surface area contributed by atoms with Crippen molar-refractivity contribution < 1.29 is 5.11 Å². The fraction of sp³-hybridized carbons (Fsp3) is 0.200. The molecule has 2 rings (SSSR count). The Labute approximate surface area is 112 Å². The predicted molar refractivity (Wildman–Crippen MR) is 78.1 cm³/mol. The van der Waals surface area contributed by atoms with Gasteiger partial charge < -0.3 is 10.4 Å². The van der Waals surface area contributed by atoms with Crippen molar-refractivity contribution in [1.82, 2.24) is 0 Å². The highest BCUT2D eigenvalue weighted by Gasteiger charge is 2.07. The number of hydrogen-bond donors (Lipinski definition) is 2. The molecule has 1 atom stereocenters. The Hall–Kier alpha value is -1.45. The molecule has 0 heterocycles. The summed E-state index contributed by atoms with van der Waals surface area (Å²) in [5.74, 6) is 0. The molecule has 0 fully saturated rings. The third kappa shape index (κ3) is 3.28. The number of anilines is 1. The van der Waals surface area contributed by atoms with Crippen LogP contribution in [0.1, 0.15) is 11.7 Å². The predicted octanol–water partition coefficient (Wildman–Crippen LogP) is 3.55. The van der Waals surface area contributed by atoms with Gasteiger partial charge in [-0.3, -0.25) is 0 Å². The van der Waals surface area contributed by atoms with Gasteiger partial charge in [-0.25, -0.2) is 0 Å². The molecule has 0 spiro atoms. The Balaban J connectivity index is 1.99. The minimum atomic E-state index is -0.485. The molecule has 2 nitrogen and oxygen atoms in total. The second-order valence-corrected chi connectivity index (χ2v) is 4.86. The van der Waals surface area contributed by atoms with Crippen LogP contribution in [0.15, 0.2) is 59.5 Å². The molecule has 0 bridgehead atoms. The van der Waals surface area contributed by atoms with E-state index in [-0.39, 0.29) is 0 Å². The van der Waals surface area contributed by atoms with Crippen LogP contribution in [0.5, 0.6) is 0 Å². The number of benzene rings is 2. The summed E-state index contributed by atoms with van der Waals surface area (Å²) in [6, 6.07) is 17.8. The summed E-state index contributed by atoms with van der Waals surface area (Å²) in [4.78, 5) is 1.19. The number of para-hydroxylation sites is 1. The van der Waals surface area contributed by atoms with E-state index in [2.05, 4.69) is 11.4 Å². The second-order valence-electron chi connectivity index (χ2n) is 4.01. The van der Waals surface area contributed by atoms with Crippen molar-refractivity contribution >= 4 is 17.4 Å². The molecule has 0 radical (unpaired) electrons. The normalized spacial score (nSPS) is 12.1. The monoisotopic (exact) mass is 259 g/mol. The molecule has 0 aromatic heterocycles. The zero-order valence-electron chi connectivity index (χ0n) is 10.3. The standard InChI is InChI=1S/C15H17NOS/c1-18-15-10-6-5-9-13(15)16-11-14(17)12-7-3-2-4-8-12/h2-10,14,16-17H,11H2,1H3. The lowest BCUT2D eigenvalue weighted by Gasteiger charge is -2.15. The molecule has 2 aromatic carbocycles. The summed E-state index contributed by atoms with van der Waals surface area (Å²) in [7, 11) is 0. The van der Waals surface area contributed by atoms with Crippen LogP contribution in [0.2, 0.25) is 0 Å². The van der Waals surface area contributed by atoms with Gasteiger partial charge in [-0.1, -0.05) is 42.5 Å². The van der Waals surface area contributed by atoms with E-state index in [1.807, 2.05) is 54.8 Å². The molecule has 0 aliphatic heterocycles. The summed E-state index contributed by atoms with van der Waals surface area (Å²) in [6.07, 6.45) is 1.56. The molecule has 0 amide bonds. The quantitative estimate of drug-likeness (QED) is 0.805. The average Bonchev–Trinajstić information content (AvgIpc) is 2.46. The van der Waals surface area contributed by atoms with Crippen molar-refractivity contribution in [2.24, 2.45) is 0 Å². The van der Waals surface area contributed by atoms with Gasteiger partial charge in [-0.05, 0) is 24.0 Å². The third-order valence-corrected chi connectivity index (χ3v) is 3.57. The fourth-order valence-electron chi connectivity index (χ4n) is 1.79. The molecule has 0 aliphatic carbocycles. The maximum Gasteiger partial charge on any atom is 0.0962 e. The summed E-state index contributed by atoms with van der Waals surface area (Å²) >= 11 is 1.70. The molecular formula is C15H17NOS. The van der Waals surface area contributed by atoms with Gasteiger partial charge in [0.1, 0.15) is 0 Å². The third-order valence-electron chi connectivity index (χ3n) is 2.78. The highest BCUT2D eigenvalue weighted by atomic mass is 32.2. The first-order valence-corrected chi connectivity index (χ1v) is 7.13. The number of thioether (sulfide) groups is 1. The number of rotatable bonds is 5. The van der Waals surface area contributed by atoms with Crippen LogP contribution < -0.4 is 5.32 Å². The van der Waals surface area contributed by atoms with E-state index in [1.165, 1.54) is 4.90 Å². The summed E-state index contributed by atoms with van der Waals surface area (Å²) in [6.45, 7) is 0.515. The number of nitrogens with one attached hydrogen (secondary N) is 1. The molecule has 3 heteroatoms. The first kappa shape index (κ1) is 13.0. The largest absolute Gasteiger partial charge is 0.387 e. The average molecular weight is 259 g/mol. The second kappa shape index (κ2) is 6.47. The maximum absolute atomic E-state index is 10.1. The van der Waals surface area contributed by atoms with Crippen LogP contribution in [0, 0.1) is 0 Å². The maximum atomic E-state index is 10.1. The number of hydrogen-bond acceptors (Lipinski definition) is 3. The Kier molecular flexibility index (Phi) is 4.67. The Bertz CT molecular complexity index is 487.